The third-order valence-electron chi connectivity index (χ3n) is 3.56. The van der Waals surface area contributed by atoms with E-state index in [1.54, 1.807) is 0 Å². The van der Waals surface area contributed by atoms with Crippen molar-refractivity contribution in [2.75, 3.05) is 6.61 Å². The largest absolute Gasteiger partial charge is 0.493 e. The maximum absolute atomic E-state index is 6.23. The molecule has 0 saturated carbocycles. The van der Waals surface area contributed by atoms with Crippen LogP contribution in [0, 0.1) is 0 Å². The Morgan fingerprint density at radius 3 is 2.90 bits per heavy atom. The van der Waals surface area contributed by atoms with Crippen molar-refractivity contribution in [3.05, 3.63) is 50.1 Å². The van der Waals surface area contributed by atoms with Gasteiger partial charge in [-0.2, -0.15) is 0 Å². The molecule has 1 aromatic heterocycles. The quantitative estimate of drug-likeness (QED) is 0.833. The molecule has 1 aliphatic rings. The first kappa shape index (κ1) is 14.2. The predicted octanol–water partition coefficient (Wildman–Crippen LogP) is 5.23. The molecule has 2 atom stereocenters. The van der Waals surface area contributed by atoms with Crippen molar-refractivity contribution < 1.29 is 4.74 Å². The van der Waals surface area contributed by atoms with Crippen LogP contribution in [0.3, 0.4) is 0 Å². The molecule has 5 heteroatoms. The molecule has 0 spiro atoms. The summed E-state index contributed by atoms with van der Waals surface area (Å²) in [5.74, 6) is 0.970. The molecule has 0 saturated heterocycles. The number of hydrogen-bond donors (Lipinski definition) is 1. The molecule has 2 heterocycles. The number of ether oxygens (including phenoxy) is 1. The fourth-order valence-corrected chi connectivity index (χ4v) is 4.20. The van der Waals surface area contributed by atoms with Gasteiger partial charge in [-0.3, -0.25) is 0 Å². The molecule has 0 amide bonds. The number of halogens is 2. The molecule has 1 aromatic carbocycles. The van der Waals surface area contributed by atoms with Crippen molar-refractivity contribution in [1.29, 1.82) is 0 Å². The van der Waals surface area contributed by atoms with Crippen LogP contribution in [0.4, 0.5) is 0 Å². The second-order valence-corrected chi connectivity index (χ2v) is 7.18. The van der Waals surface area contributed by atoms with Gasteiger partial charge in [0.2, 0.25) is 0 Å². The van der Waals surface area contributed by atoms with Gasteiger partial charge < -0.3 is 10.1 Å². The van der Waals surface area contributed by atoms with E-state index in [4.69, 9.17) is 27.9 Å². The van der Waals surface area contributed by atoms with E-state index in [9.17, 15) is 0 Å². The lowest BCUT2D eigenvalue weighted by molar-refractivity contribution is 0.246. The lowest BCUT2D eigenvalue weighted by Gasteiger charge is -2.29. The van der Waals surface area contributed by atoms with Crippen molar-refractivity contribution in [3.63, 3.8) is 0 Å². The van der Waals surface area contributed by atoms with Crippen molar-refractivity contribution in [1.82, 2.24) is 5.32 Å². The smallest absolute Gasteiger partial charge is 0.124 e. The lowest BCUT2D eigenvalue weighted by atomic mass is 9.99. The second-order valence-electron chi connectivity index (χ2n) is 4.90. The Labute approximate surface area is 132 Å². The second kappa shape index (κ2) is 5.94. The fourth-order valence-electron chi connectivity index (χ4n) is 2.55. The van der Waals surface area contributed by atoms with Gasteiger partial charge in [0.15, 0.2) is 0 Å². The first-order valence-electron chi connectivity index (χ1n) is 6.57. The molecule has 106 valence electrons. The van der Waals surface area contributed by atoms with Gasteiger partial charge in [-0.15, -0.1) is 11.3 Å². The van der Waals surface area contributed by atoms with Crippen molar-refractivity contribution in [3.8, 4) is 5.75 Å². The number of nitrogens with one attached hydrogen (secondary N) is 1. The first-order chi connectivity index (χ1) is 9.65. The standard InChI is InChI=1S/C15H15Cl2NOS/c1-9(11-8-14(16)20-15(11)17)18-12-6-7-19-13-5-3-2-4-10(12)13/h2-5,8-9,12,18H,6-7H2,1H3. The topological polar surface area (TPSA) is 21.3 Å². The highest BCUT2D eigenvalue weighted by atomic mass is 35.5. The van der Waals surface area contributed by atoms with Crippen molar-refractivity contribution in [2.45, 2.75) is 25.4 Å². The highest BCUT2D eigenvalue weighted by Gasteiger charge is 2.24. The number of fused-ring (bicyclic) bond motifs is 1. The zero-order chi connectivity index (χ0) is 14.1. The molecule has 1 aliphatic heterocycles. The van der Waals surface area contributed by atoms with Crippen molar-refractivity contribution in [2.24, 2.45) is 0 Å². The van der Waals surface area contributed by atoms with Crippen LogP contribution in [0.1, 0.15) is 36.6 Å². The Hall–Kier alpha value is -0.740. The zero-order valence-corrected chi connectivity index (χ0v) is 13.4. The lowest BCUT2D eigenvalue weighted by Crippen LogP contribution is -2.29. The Balaban J connectivity index is 1.80. The van der Waals surface area contributed by atoms with Crippen LogP contribution in [-0.2, 0) is 0 Å². The Kier molecular flexibility index (Phi) is 4.22. The van der Waals surface area contributed by atoms with E-state index < -0.39 is 0 Å². The maximum Gasteiger partial charge on any atom is 0.124 e. The summed E-state index contributed by atoms with van der Waals surface area (Å²) < 4.78 is 7.17. The molecule has 0 bridgehead atoms. The first-order valence-corrected chi connectivity index (χ1v) is 8.15. The average Bonchev–Trinajstić information content (AvgIpc) is 2.78. The maximum atomic E-state index is 6.23. The third-order valence-corrected chi connectivity index (χ3v) is 5.08. The predicted molar refractivity (Wildman–Crippen MR) is 85.2 cm³/mol. The van der Waals surface area contributed by atoms with Gasteiger partial charge >= 0.3 is 0 Å². The Morgan fingerprint density at radius 2 is 2.15 bits per heavy atom. The monoisotopic (exact) mass is 327 g/mol. The average molecular weight is 328 g/mol. The third kappa shape index (κ3) is 2.82. The van der Waals surface area contributed by atoms with Gasteiger partial charge in [0.1, 0.15) is 5.75 Å². The van der Waals surface area contributed by atoms with Crippen LogP contribution in [0.25, 0.3) is 0 Å². The minimum absolute atomic E-state index is 0.155. The molecular formula is C15H15Cl2NOS. The van der Waals surface area contributed by atoms with E-state index in [2.05, 4.69) is 18.3 Å². The molecule has 2 aromatic rings. The summed E-state index contributed by atoms with van der Waals surface area (Å²) in [5, 5.41) is 3.63. The number of thiophene rings is 1. The summed E-state index contributed by atoms with van der Waals surface area (Å²) in [6.45, 7) is 2.85. The molecular weight excluding hydrogens is 313 g/mol. The van der Waals surface area contributed by atoms with Gasteiger partial charge in [0.05, 0.1) is 15.3 Å². The summed E-state index contributed by atoms with van der Waals surface area (Å²) in [4.78, 5) is 0. The molecule has 20 heavy (non-hydrogen) atoms. The number of hydrogen-bond acceptors (Lipinski definition) is 3. The highest BCUT2D eigenvalue weighted by molar-refractivity contribution is 7.20. The Morgan fingerprint density at radius 1 is 1.35 bits per heavy atom. The minimum Gasteiger partial charge on any atom is -0.493 e. The molecule has 2 nitrogen and oxygen atoms in total. The van der Waals surface area contributed by atoms with Crippen LogP contribution in [0.5, 0.6) is 5.75 Å². The van der Waals surface area contributed by atoms with E-state index in [1.807, 2.05) is 24.3 Å². The van der Waals surface area contributed by atoms with Crippen LogP contribution >= 0.6 is 34.5 Å². The van der Waals surface area contributed by atoms with Crippen LogP contribution < -0.4 is 10.1 Å². The SMILES string of the molecule is CC(NC1CCOc2ccccc21)c1cc(Cl)sc1Cl. The van der Waals surface area contributed by atoms with Gasteiger partial charge in [-0.05, 0) is 24.6 Å². The molecule has 0 fully saturated rings. The summed E-state index contributed by atoms with van der Waals surface area (Å²) in [5.41, 5.74) is 2.27. The van der Waals surface area contributed by atoms with E-state index in [-0.39, 0.29) is 12.1 Å². The highest BCUT2D eigenvalue weighted by Crippen LogP contribution is 2.38. The zero-order valence-electron chi connectivity index (χ0n) is 11.0. The Bertz CT molecular complexity index is 614. The van der Waals surface area contributed by atoms with Gasteiger partial charge in [0.25, 0.3) is 0 Å². The molecule has 0 aliphatic carbocycles. The number of rotatable bonds is 3. The van der Waals surface area contributed by atoms with Crippen LogP contribution in [0.2, 0.25) is 8.67 Å². The van der Waals surface area contributed by atoms with Gasteiger partial charge in [0, 0.05) is 24.1 Å². The van der Waals surface area contributed by atoms with E-state index in [0.29, 0.717) is 0 Å². The van der Waals surface area contributed by atoms with E-state index in [0.717, 1.165) is 33.0 Å². The molecule has 0 radical (unpaired) electrons. The summed E-state index contributed by atoms with van der Waals surface area (Å²) in [6.07, 6.45) is 0.955. The summed E-state index contributed by atoms with van der Waals surface area (Å²) in [6, 6.07) is 10.6. The molecule has 3 rings (SSSR count). The van der Waals surface area contributed by atoms with Gasteiger partial charge in [-0.25, -0.2) is 0 Å². The summed E-state index contributed by atoms with van der Waals surface area (Å²) >= 11 is 13.7. The molecule has 1 N–H and O–H groups in total. The van der Waals surface area contributed by atoms with E-state index >= 15 is 0 Å². The summed E-state index contributed by atoms with van der Waals surface area (Å²) in [7, 11) is 0. The van der Waals surface area contributed by atoms with E-state index in [1.165, 1.54) is 16.9 Å². The fraction of sp³-hybridized carbons (Fsp3) is 0.333. The molecule has 2 unspecified atom stereocenters. The van der Waals surface area contributed by atoms with Gasteiger partial charge in [-0.1, -0.05) is 41.4 Å². The minimum atomic E-state index is 0.155. The normalized spacial score (nSPS) is 19.2. The number of benzene rings is 1. The van der Waals surface area contributed by atoms with Crippen molar-refractivity contribution >= 4 is 34.5 Å². The van der Waals surface area contributed by atoms with Crippen LogP contribution in [-0.4, -0.2) is 6.61 Å². The number of para-hydroxylation sites is 1. The van der Waals surface area contributed by atoms with Crippen LogP contribution in [0.15, 0.2) is 30.3 Å².